The van der Waals surface area contributed by atoms with Crippen LogP contribution in [0.5, 0.6) is 0 Å². The van der Waals surface area contributed by atoms with Crippen molar-refractivity contribution in [2.75, 3.05) is 13.2 Å². The van der Waals surface area contributed by atoms with E-state index in [1.165, 1.54) is 6.07 Å². The molecular formula is C14H21BrFNO. The van der Waals surface area contributed by atoms with Crippen molar-refractivity contribution in [2.24, 2.45) is 0 Å². The summed E-state index contributed by atoms with van der Waals surface area (Å²) in [5, 5.41) is 3.30. The van der Waals surface area contributed by atoms with Crippen LogP contribution >= 0.6 is 15.9 Å². The first-order valence-electron chi connectivity index (χ1n) is 6.30. The van der Waals surface area contributed by atoms with Crippen LogP contribution in [0.15, 0.2) is 22.7 Å². The fourth-order valence-electron chi connectivity index (χ4n) is 1.67. The number of rotatable bonds is 7. The summed E-state index contributed by atoms with van der Waals surface area (Å²) in [4.78, 5) is 0. The van der Waals surface area contributed by atoms with Gasteiger partial charge in [0.1, 0.15) is 5.82 Å². The summed E-state index contributed by atoms with van der Waals surface area (Å²) in [6, 6.07) is 5.01. The van der Waals surface area contributed by atoms with E-state index in [0.717, 1.165) is 24.0 Å². The molecule has 0 fully saturated rings. The standard InChI is InChI=1S/C14H21BrFNO/c1-10(2)18-8-4-7-17-11(3)13-9-12(15)5-6-14(13)16/h5-6,9-11,17H,4,7-8H2,1-3H3. The molecule has 1 rings (SSSR count). The van der Waals surface area contributed by atoms with E-state index in [4.69, 9.17) is 4.74 Å². The Morgan fingerprint density at radius 3 is 2.72 bits per heavy atom. The van der Waals surface area contributed by atoms with E-state index in [0.29, 0.717) is 5.56 Å². The fourth-order valence-corrected chi connectivity index (χ4v) is 2.04. The lowest BCUT2D eigenvalue weighted by molar-refractivity contribution is 0.0767. The zero-order valence-corrected chi connectivity index (χ0v) is 12.8. The molecule has 0 amide bonds. The van der Waals surface area contributed by atoms with E-state index in [1.54, 1.807) is 6.07 Å². The van der Waals surface area contributed by atoms with Gasteiger partial charge in [-0.05, 0) is 51.9 Å². The van der Waals surface area contributed by atoms with Gasteiger partial charge in [-0.3, -0.25) is 0 Å². The normalized spacial score (nSPS) is 13.0. The monoisotopic (exact) mass is 317 g/mol. The van der Waals surface area contributed by atoms with Gasteiger partial charge in [-0.15, -0.1) is 0 Å². The molecule has 1 unspecified atom stereocenters. The third kappa shape index (κ3) is 5.46. The number of halogens is 2. The third-order valence-corrected chi connectivity index (χ3v) is 3.14. The number of hydrogen-bond acceptors (Lipinski definition) is 2. The molecule has 1 aromatic carbocycles. The lowest BCUT2D eigenvalue weighted by Crippen LogP contribution is -2.22. The molecule has 18 heavy (non-hydrogen) atoms. The van der Waals surface area contributed by atoms with Gasteiger partial charge in [0, 0.05) is 22.7 Å². The molecule has 0 aliphatic rings. The van der Waals surface area contributed by atoms with E-state index in [2.05, 4.69) is 21.2 Å². The van der Waals surface area contributed by atoms with E-state index in [9.17, 15) is 4.39 Å². The molecule has 4 heteroatoms. The van der Waals surface area contributed by atoms with Crippen LogP contribution in [0.3, 0.4) is 0 Å². The van der Waals surface area contributed by atoms with Crippen LogP contribution in [0, 0.1) is 5.82 Å². The highest BCUT2D eigenvalue weighted by atomic mass is 79.9. The van der Waals surface area contributed by atoms with Crippen molar-refractivity contribution < 1.29 is 9.13 Å². The molecule has 0 aliphatic carbocycles. The Kier molecular flexibility index (Phi) is 6.82. The van der Waals surface area contributed by atoms with Crippen molar-refractivity contribution in [3.63, 3.8) is 0 Å². The van der Waals surface area contributed by atoms with Crippen LogP contribution in [0.1, 0.15) is 38.8 Å². The Labute approximate surface area is 117 Å². The predicted octanol–water partition coefficient (Wildman–Crippen LogP) is 4.05. The van der Waals surface area contributed by atoms with Crippen LogP contribution < -0.4 is 5.32 Å². The van der Waals surface area contributed by atoms with Crippen LogP contribution in [-0.2, 0) is 4.74 Å². The van der Waals surface area contributed by atoms with Gasteiger partial charge in [-0.25, -0.2) is 4.39 Å². The largest absolute Gasteiger partial charge is 0.379 e. The Morgan fingerprint density at radius 2 is 2.06 bits per heavy atom. The first-order valence-corrected chi connectivity index (χ1v) is 7.10. The van der Waals surface area contributed by atoms with E-state index >= 15 is 0 Å². The number of hydrogen-bond donors (Lipinski definition) is 1. The van der Waals surface area contributed by atoms with Crippen LogP contribution in [0.4, 0.5) is 4.39 Å². The maximum absolute atomic E-state index is 13.6. The maximum atomic E-state index is 13.6. The van der Waals surface area contributed by atoms with Crippen LogP contribution in [0.25, 0.3) is 0 Å². The highest BCUT2D eigenvalue weighted by Crippen LogP contribution is 2.21. The average Bonchev–Trinajstić information content (AvgIpc) is 2.31. The summed E-state index contributed by atoms with van der Waals surface area (Å²) >= 11 is 3.36. The summed E-state index contributed by atoms with van der Waals surface area (Å²) in [6.07, 6.45) is 1.20. The number of ether oxygens (including phenoxy) is 1. The smallest absolute Gasteiger partial charge is 0.128 e. The molecule has 0 radical (unpaired) electrons. The van der Waals surface area contributed by atoms with Crippen molar-refractivity contribution >= 4 is 15.9 Å². The molecule has 0 aromatic heterocycles. The first-order chi connectivity index (χ1) is 8.50. The minimum Gasteiger partial charge on any atom is -0.379 e. The van der Waals surface area contributed by atoms with E-state index < -0.39 is 0 Å². The SMILES string of the molecule is CC(C)OCCCNC(C)c1cc(Br)ccc1F. The van der Waals surface area contributed by atoms with Crippen molar-refractivity contribution in [1.29, 1.82) is 0 Å². The molecule has 0 saturated heterocycles. The molecule has 2 nitrogen and oxygen atoms in total. The summed E-state index contributed by atoms with van der Waals surface area (Å²) in [7, 11) is 0. The van der Waals surface area contributed by atoms with Crippen molar-refractivity contribution in [3.05, 3.63) is 34.1 Å². The molecule has 0 aliphatic heterocycles. The van der Waals surface area contributed by atoms with Crippen molar-refractivity contribution in [2.45, 2.75) is 39.3 Å². The van der Waals surface area contributed by atoms with Crippen LogP contribution in [0.2, 0.25) is 0 Å². The van der Waals surface area contributed by atoms with Gasteiger partial charge in [0.2, 0.25) is 0 Å². The van der Waals surface area contributed by atoms with Crippen molar-refractivity contribution in [3.8, 4) is 0 Å². The fraction of sp³-hybridized carbons (Fsp3) is 0.571. The van der Waals surface area contributed by atoms with E-state index in [-0.39, 0.29) is 18.0 Å². The second-order valence-electron chi connectivity index (χ2n) is 4.61. The molecule has 102 valence electrons. The summed E-state index contributed by atoms with van der Waals surface area (Å²) in [5.41, 5.74) is 0.689. The highest BCUT2D eigenvalue weighted by molar-refractivity contribution is 9.10. The quantitative estimate of drug-likeness (QED) is 0.766. The lowest BCUT2D eigenvalue weighted by atomic mass is 10.1. The average molecular weight is 318 g/mol. The highest BCUT2D eigenvalue weighted by Gasteiger charge is 2.10. The number of benzene rings is 1. The molecule has 1 aromatic rings. The van der Waals surface area contributed by atoms with Gasteiger partial charge in [0.05, 0.1) is 6.10 Å². The minimum atomic E-state index is -0.170. The Morgan fingerprint density at radius 1 is 1.33 bits per heavy atom. The Hall–Kier alpha value is -0.450. The van der Waals surface area contributed by atoms with Gasteiger partial charge in [-0.2, -0.15) is 0 Å². The maximum Gasteiger partial charge on any atom is 0.128 e. The Bertz CT molecular complexity index is 371. The second-order valence-corrected chi connectivity index (χ2v) is 5.53. The van der Waals surface area contributed by atoms with E-state index in [1.807, 2.05) is 26.8 Å². The molecule has 0 spiro atoms. The third-order valence-electron chi connectivity index (χ3n) is 2.65. The Balaban J connectivity index is 2.36. The molecular weight excluding hydrogens is 297 g/mol. The van der Waals surface area contributed by atoms with Gasteiger partial charge in [0.15, 0.2) is 0 Å². The summed E-state index contributed by atoms with van der Waals surface area (Å²) in [6.45, 7) is 7.56. The zero-order chi connectivity index (χ0) is 13.5. The molecule has 0 bridgehead atoms. The summed E-state index contributed by atoms with van der Waals surface area (Å²) < 4.78 is 20.0. The van der Waals surface area contributed by atoms with Gasteiger partial charge < -0.3 is 10.1 Å². The molecule has 0 saturated carbocycles. The predicted molar refractivity (Wildman–Crippen MR) is 76.2 cm³/mol. The van der Waals surface area contributed by atoms with Gasteiger partial charge >= 0.3 is 0 Å². The topological polar surface area (TPSA) is 21.3 Å². The van der Waals surface area contributed by atoms with Gasteiger partial charge in [0.25, 0.3) is 0 Å². The molecule has 1 N–H and O–H groups in total. The second kappa shape index (κ2) is 7.87. The van der Waals surface area contributed by atoms with Crippen LogP contribution in [-0.4, -0.2) is 19.3 Å². The summed E-state index contributed by atoms with van der Waals surface area (Å²) in [5.74, 6) is -0.170. The lowest BCUT2D eigenvalue weighted by Gasteiger charge is -2.15. The molecule has 0 heterocycles. The van der Waals surface area contributed by atoms with Gasteiger partial charge in [-0.1, -0.05) is 15.9 Å². The number of nitrogens with one attached hydrogen (secondary N) is 1. The van der Waals surface area contributed by atoms with Crippen molar-refractivity contribution in [1.82, 2.24) is 5.32 Å². The first kappa shape index (κ1) is 15.6. The minimum absolute atomic E-state index is 0.00144. The zero-order valence-electron chi connectivity index (χ0n) is 11.2. The molecule has 1 atom stereocenters.